The van der Waals surface area contributed by atoms with Gasteiger partial charge in [0.05, 0.1) is 22.1 Å². The van der Waals surface area contributed by atoms with E-state index in [4.69, 9.17) is 16.0 Å². The topological polar surface area (TPSA) is 80.1 Å². The summed E-state index contributed by atoms with van der Waals surface area (Å²) in [5.41, 5.74) is 1.34. The standard InChI is InChI=1S/C19H10BrClN2O3/c20-14-3-1-12(2-4-14)13(11-22)9-16-6-8-19(26-16)17-7-5-15(21)10-18(17)23(24)25/h1-10H/b13-9-. The van der Waals surface area contributed by atoms with Crippen molar-refractivity contribution in [2.24, 2.45) is 0 Å². The van der Waals surface area contributed by atoms with Crippen LogP contribution in [-0.4, -0.2) is 4.92 Å². The van der Waals surface area contributed by atoms with Gasteiger partial charge in [-0.1, -0.05) is 39.7 Å². The van der Waals surface area contributed by atoms with Crippen LogP contribution >= 0.6 is 27.5 Å². The highest BCUT2D eigenvalue weighted by atomic mass is 79.9. The molecular weight excluding hydrogens is 420 g/mol. The van der Waals surface area contributed by atoms with E-state index in [0.717, 1.165) is 10.0 Å². The van der Waals surface area contributed by atoms with Crippen molar-refractivity contribution < 1.29 is 9.34 Å². The van der Waals surface area contributed by atoms with E-state index in [2.05, 4.69) is 22.0 Å². The van der Waals surface area contributed by atoms with E-state index in [1.54, 1.807) is 24.3 Å². The molecule has 0 amide bonds. The Morgan fingerprint density at radius 3 is 2.58 bits per heavy atom. The molecule has 128 valence electrons. The molecule has 0 aliphatic rings. The first-order chi connectivity index (χ1) is 12.5. The minimum absolute atomic E-state index is 0.143. The van der Waals surface area contributed by atoms with Gasteiger partial charge in [0.25, 0.3) is 5.69 Å². The van der Waals surface area contributed by atoms with E-state index in [9.17, 15) is 15.4 Å². The summed E-state index contributed by atoms with van der Waals surface area (Å²) in [5, 5.41) is 20.9. The molecule has 0 saturated heterocycles. The lowest BCUT2D eigenvalue weighted by Crippen LogP contribution is -1.91. The molecule has 0 bridgehead atoms. The third-order valence-corrected chi connectivity index (χ3v) is 4.37. The highest BCUT2D eigenvalue weighted by Gasteiger charge is 2.18. The molecule has 5 nitrogen and oxygen atoms in total. The monoisotopic (exact) mass is 428 g/mol. The van der Waals surface area contributed by atoms with E-state index in [1.165, 1.54) is 12.1 Å². The molecule has 1 heterocycles. The Morgan fingerprint density at radius 2 is 1.92 bits per heavy atom. The number of nitriles is 1. The second kappa shape index (κ2) is 7.56. The predicted octanol–water partition coefficient (Wildman–Crippen LogP) is 6.33. The summed E-state index contributed by atoms with van der Waals surface area (Å²) in [5.74, 6) is 0.747. The molecule has 0 fully saturated rings. The molecule has 2 aromatic carbocycles. The number of halogens is 2. The maximum Gasteiger partial charge on any atom is 0.281 e. The molecule has 3 aromatic rings. The average Bonchev–Trinajstić information content (AvgIpc) is 3.09. The van der Waals surface area contributed by atoms with Gasteiger partial charge in [-0.25, -0.2) is 0 Å². The number of nitro groups is 1. The molecule has 0 aliphatic carbocycles. The maximum absolute atomic E-state index is 11.2. The van der Waals surface area contributed by atoms with Gasteiger partial charge in [-0.3, -0.25) is 10.1 Å². The van der Waals surface area contributed by atoms with Crippen molar-refractivity contribution in [1.82, 2.24) is 0 Å². The largest absolute Gasteiger partial charge is 0.456 e. The summed E-state index contributed by atoms with van der Waals surface area (Å²) >= 11 is 9.19. The van der Waals surface area contributed by atoms with Gasteiger partial charge in [-0.2, -0.15) is 5.26 Å². The zero-order chi connectivity index (χ0) is 18.7. The highest BCUT2D eigenvalue weighted by Crippen LogP contribution is 2.34. The summed E-state index contributed by atoms with van der Waals surface area (Å²) in [7, 11) is 0. The van der Waals surface area contributed by atoms with Gasteiger partial charge >= 0.3 is 0 Å². The van der Waals surface area contributed by atoms with Crippen molar-refractivity contribution >= 4 is 44.9 Å². The first kappa shape index (κ1) is 17.9. The quantitative estimate of drug-likeness (QED) is 0.275. The number of rotatable bonds is 4. The number of furan rings is 1. The lowest BCUT2D eigenvalue weighted by Gasteiger charge is -2.01. The van der Waals surface area contributed by atoms with Crippen LogP contribution < -0.4 is 0 Å². The van der Waals surface area contributed by atoms with Gasteiger partial charge in [0, 0.05) is 15.6 Å². The smallest absolute Gasteiger partial charge is 0.281 e. The summed E-state index contributed by atoms with van der Waals surface area (Å²) in [6, 6.07) is 17.1. The number of hydrogen-bond acceptors (Lipinski definition) is 4. The van der Waals surface area contributed by atoms with Crippen LogP contribution in [0.3, 0.4) is 0 Å². The second-order valence-electron chi connectivity index (χ2n) is 5.30. The number of hydrogen-bond donors (Lipinski definition) is 0. The Kier molecular flexibility index (Phi) is 5.21. The van der Waals surface area contributed by atoms with Gasteiger partial charge in [-0.05, 0) is 48.0 Å². The molecular formula is C19H10BrClN2O3. The number of allylic oxidation sites excluding steroid dienone is 1. The van der Waals surface area contributed by atoms with E-state index < -0.39 is 4.92 Å². The van der Waals surface area contributed by atoms with Crippen LogP contribution in [0.2, 0.25) is 5.02 Å². The van der Waals surface area contributed by atoms with Crippen molar-refractivity contribution in [3.8, 4) is 17.4 Å². The SMILES string of the molecule is N#C/C(=C/c1ccc(-c2ccc(Cl)cc2[N+](=O)[O-])o1)c1ccc(Br)cc1. The van der Waals surface area contributed by atoms with Crippen LogP contribution in [0.5, 0.6) is 0 Å². The predicted molar refractivity (Wildman–Crippen MR) is 103 cm³/mol. The van der Waals surface area contributed by atoms with E-state index >= 15 is 0 Å². The Morgan fingerprint density at radius 1 is 1.19 bits per heavy atom. The Bertz CT molecular complexity index is 1050. The Hall–Kier alpha value is -2.88. The fourth-order valence-corrected chi connectivity index (χ4v) is 2.82. The van der Waals surface area contributed by atoms with Gasteiger partial charge in [-0.15, -0.1) is 0 Å². The van der Waals surface area contributed by atoms with Crippen molar-refractivity contribution in [2.45, 2.75) is 0 Å². The first-order valence-corrected chi connectivity index (χ1v) is 8.57. The van der Waals surface area contributed by atoms with Crippen LogP contribution in [0, 0.1) is 21.4 Å². The van der Waals surface area contributed by atoms with Gasteiger partial charge in [0.1, 0.15) is 11.5 Å². The number of nitro benzene ring substituents is 1. The number of benzene rings is 2. The van der Waals surface area contributed by atoms with Gasteiger partial charge < -0.3 is 4.42 Å². The zero-order valence-corrected chi connectivity index (χ0v) is 15.5. The maximum atomic E-state index is 11.2. The van der Waals surface area contributed by atoms with Crippen molar-refractivity contribution in [1.29, 1.82) is 5.26 Å². The van der Waals surface area contributed by atoms with Crippen molar-refractivity contribution in [3.63, 3.8) is 0 Å². The third-order valence-electron chi connectivity index (χ3n) is 3.61. The fourth-order valence-electron chi connectivity index (χ4n) is 2.39. The van der Waals surface area contributed by atoms with E-state index in [1.807, 2.05) is 24.3 Å². The minimum Gasteiger partial charge on any atom is -0.456 e. The summed E-state index contributed by atoms with van der Waals surface area (Å²) in [4.78, 5) is 10.7. The highest BCUT2D eigenvalue weighted by molar-refractivity contribution is 9.10. The second-order valence-corrected chi connectivity index (χ2v) is 6.65. The molecule has 0 aliphatic heterocycles. The minimum atomic E-state index is -0.512. The fraction of sp³-hybridized carbons (Fsp3) is 0. The van der Waals surface area contributed by atoms with Crippen LogP contribution in [0.25, 0.3) is 23.0 Å². The van der Waals surface area contributed by atoms with Crippen molar-refractivity contribution in [2.75, 3.05) is 0 Å². The molecule has 26 heavy (non-hydrogen) atoms. The molecule has 7 heteroatoms. The van der Waals surface area contributed by atoms with Crippen LogP contribution in [0.4, 0.5) is 5.69 Å². The molecule has 1 aromatic heterocycles. The Labute approximate surface area is 162 Å². The van der Waals surface area contributed by atoms with Gasteiger partial charge in [0.2, 0.25) is 0 Å². The molecule has 0 N–H and O–H groups in total. The molecule has 3 rings (SSSR count). The lowest BCUT2D eigenvalue weighted by atomic mass is 10.1. The van der Waals surface area contributed by atoms with Crippen molar-refractivity contribution in [3.05, 3.63) is 85.5 Å². The molecule has 0 saturated carbocycles. The molecule has 0 spiro atoms. The summed E-state index contributed by atoms with van der Waals surface area (Å²) < 4.78 is 6.60. The van der Waals surface area contributed by atoms with Crippen LogP contribution in [0.1, 0.15) is 11.3 Å². The average molecular weight is 430 g/mol. The van der Waals surface area contributed by atoms with Crippen LogP contribution in [-0.2, 0) is 0 Å². The summed E-state index contributed by atoms with van der Waals surface area (Å²) in [6.45, 7) is 0. The third kappa shape index (κ3) is 3.85. The lowest BCUT2D eigenvalue weighted by molar-refractivity contribution is -0.384. The molecule has 0 atom stereocenters. The van der Waals surface area contributed by atoms with Gasteiger partial charge in [0.15, 0.2) is 0 Å². The molecule has 0 unspecified atom stereocenters. The normalized spacial score (nSPS) is 11.2. The zero-order valence-electron chi connectivity index (χ0n) is 13.1. The number of nitrogens with zero attached hydrogens (tertiary/aromatic N) is 2. The molecule has 0 radical (unpaired) electrons. The van der Waals surface area contributed by atoms with E-state index in [-0.39, 0.29) is 10.7 Å². The van der Waals surface area contributed by atoms with Crippen LogP contribution in [0.15, 0.2) is 63.5 Å². The Balaban J connectivity index is 1.99. The summed E-state index contributed by atoms with van der Waals surface area (Å²) in [6.07, 6.45) is 1.59. The van der Waals surface area contributed by atoms with E-state index in [0.29, 0.717) is 22.7 Å². The first-order valence-electron chi connectivity index (χ1n) is 7.40.